The van der Waals surface area contributed by atoms with Crippen molar-refractivity contribution in [1.82, 2.24) is 4.90 Å². The van der Waals surface area contributed by atoms with E-state index in [4.69, 9.17) is 14.9 Å². The Morgan fingerprint density at radius 1 is 0.917 bits per heavy atom. The van der Waals surface area contributed by atoms with E-state index in [9.17, 15) is 14.4 Å². The minimum atomic E-state index is -1.26. The Balaban J connectivity index is 0.000000493. The van der Waals surface area contributed by atoms with E-state index in [1.165, 1.54) is 31.5 Å². The Morgan fingerprint density at radius 3 is 2.08 bits per heavy atom. The lowest BCUT2D eigenvalue weighted by molar-refractivity contribution is -0.134. The third-order valence-electron chi connectivity index (χ3n) is 5.66. The Kier molecular flexibility index (Phi) is 11.6. The van der Waals surface area contributed by atoms with Crippen LogP contribution in [0.3, 0.4) is 0 Å². The second-order valence-corrected chi connectivity index (χ2v) is 8.70. The van der Waals surface area contributed by atoms with E-state index in [0.29, 0.717) is 12.2 Å². The molecule has 192 valence electrons. The third kappa shape index (κ3) is 10.3. The van der Waals surface area contributed by atoms with Crippen molar-refractivity contribution in [3.8, 4) is 5.75 Å². The van der Waals surface area contributed by atoms with Gasteiger partial charge in [0.1, 0.15) is 12.4 Å². The maximum Gasteiger partial charge on any atom is 0.328 e. The van der Waals surface area contributed by atoms with Crippen molar-refractivity contribution in [2.75, 3.05) is 26.2 Å². The molecule has 0 amide bonds. The second-order valence-electron chi connectivity index (χ2n) is 8.70. The van der Waals surface area contributed by atoms with Crippen molar-refractivity contribution in [1.29, 1.82) is 0 Å². The number of carbonyl (C=O) groups excluding carboxylic acids is 1. The maximum absolute atomic E-state index is 12.5. The monoisotopic (exact) mass is 493 g/mol. The molecule has 1 fully saturated rings. The molecule has 0 aliphatic carbocycles. The van der Waals surface area contributed by atoms with Crippen LogP contribution in [0.15, 0.2) is 54.6 Å². The summed E-state index contributed by atoms with van der Waals surface area (Å²) < 4.78 is 5.95. The fraction of sp³-hybridized carbons (Fsp3) is 0.345. The number of aryl methyl sites for hydroxylation is 3. The summed E-state index contributed by atoms with van der Waals surface area (Å²) in [5.74, 6) is -1.56. The largest absolute Gasteiger partial charge is 0.492 e. The molecule has 1 aliphatic rings. The van der Waals surface area contributed by atoms with Crippen LogP contribution in [-0.2, 0) is 16.0 Å². The molecule has 0 radical (unpaired) electrons. The van der Waals surface area contributed by atoms with Crippen LogP contribution >= 0.6 is 0 Å². The molecule has 2 N–H and O–H groups in total. The van der Waals surface area contributed by atoms with Crippen molar-refractivity contribution in [2.45, 2.75) is 40.0 Å². The number of ether oxygens (including phenoxy) is 1. The molecular formula is C29H35NO6. The van der Waals surface area contributed by atoms with E-state index >= 15 is 0 Å². The quantitative estimate of drug-likeness (QED) is 0.356. The number of aliphatic carboxylic acids is 2. The highest BCUT2D eigenvalue weighted by molar-refractivity contribution is 6.07. The van der Waals surface area contributed by atoms with Gasteiger partial charge in [0, 0.05) is 24.3 Å². The van der Waals surface area contributed by atoms with Gasteiger partial charge in [-0.05, 0) is 87.7 Å². The summed E-state index contributed by atoms with van der Waals surface area (Å²) >= 11 is 0. The van der Waals surface area contributed by atoms with E-state index in [-0.39, 0.29) is 5.78 Å². The summed E-state index contributed by atoms with van der Waals surface area (Å²) in [6, 6.07) is 12.1. The van der Waals surface area contributed by atoms with Crippen molar-refractivity contribution in [2.24, 2.45) is 0 Å². The first-order valence-electron chi connectivity index (χ1n) is 12.1. The van der Waals surface area contributed by atoms with Gasteiger partial charge in [-0.1, -0.05) is 36.3 Å². The number of hydrogen-bond donors (Lipinski definition) is 2. The number of ketones is 1. The molecule has 7 heteroatoms. The Morgan fingerprint density at radius 2 is 1.53 bits per heavy atom. The zero-order valence-electron chi connectivity index (χ0n) is 21.2. The van der Waals surface area contributed by atoms with Crippen molar-refractivity contribution in [3.05, 3.63) is 82.4 Å². The van der Waals surface area contributed by atoms with Crippen molar-refractivity contribution < 1.29 is 29.3 Å². The second kappa shape index (κ2) is 14.6. The standard InChI is InChI=1S/C25H31NO2.C4H4O4/c1-4-21-18-24(28-14-13-26-11-5-6-12-26)9-7-22(21)8-10-25(27)23-16-19(2)15-20(3)17-23;5-3(6)1-2-4(7)8/h7-10,15-18H,4-6,11-14H2,1-3H3;1-2H,(H,5,6)(H,7,8)/b;2-1+. The van der Waals surface area contributed by atoms with Crippen LogP contribution in [0.1, 0.15) is 52.4 Å². The van der Waals surface area contributed by atoms with Crippen molar-refractivity contribution in [3.63, 3.8) is 0 Å². The van der Waals surface area contributed by atoms with Crippen LogP contribution < -0.4 is 4.74 Å². The number of benzene rings is 2. The Labute approximate surface area is 212 Å². The van der Waals surface area contributed by atoms with Crippen LogP contribution in [0.5, 0.6) is 5.75 Å². The number of carboxylic acid groups (broad SMARTS) is 2. The van der Waals surface area contributed by atoms with E-state index in [1.807, 2.05) is 38.1 Å². The zero-order chi connectivity index (χ0) is 26.5. The summed E-state index contributed by atoms with van der Waals surface area (Å²) in [7, 11) is 0. The van der Waals surface area contributed by atoms with Gasteiger partial charge in [0.2, 0.25) is 0 Å². The summed E-state index contributed by atoms with van der Waals surface area (Å²) in [5.41, 5.74) is 5.24. The maximum atomic E-state index is 12.5. The van der Waals surface area contributed by atoms with Gasteiger partial charge < -0.3 is 14.9 Å². The first-order chi connectivity index (χ1) is 17.2. The summed E-state index contributed by atoms with van der Waals surface area (Å²) in [4.78, 5) is 34.1. The molecule has 36 heavy (non-hydrogen) atoms. The molecule has 1 saturated heterocycles. The van der Waals surface area contributed by atoms with Gasteiger partial charge in [0.05, 0.1) is 0 Å². The highest BCUT2D eigenvalue weighted by Crippen LogP contribution is 2.21. The Bertz CT molecular complexity index is 1080. The fourth-order valence-corrected chi connectivity index (χ4v) is 3.96. The van der Waals surface area contributed by atoms with Crippen LogP contribution in [-0.4, -0.2) is 59.1 Å². The van der Waals surface area contributed by atoms with Gasteiger partial charge in [-0.15, -0.1) is 0 Å². The number of hydrogen-bond acceptors (Lipinski definition) is 5. The molecule has 0 spiro atoms. The molecule has 2 aromatic carbocycles. The van der Waals surface area contributed by atoms with E-state index in [1.54, 1.807) is 6.08 Å². The van der Waals surface area contributed by atoms with Gasteiger partial charge in [-0.3, -0.25) is 9.69 Å². The van der Waals surface area contributed by atoms with Gasteiger partial charge in [0.25, 0.3) is 0 Å². The molecule has 0 atom stereocenters. The average Bonchev–Trinajstić information content (AvgIpc) is 3.35. The Hall–Kier alpha value is -3.71. The number of likely N-dealkylation sites (tertiary alicyclic amines) is 1. The molecule has 1 heterocycles. The molecule has 2 aromatic rings. The highest BCUT2D eigenvalue weighted by atomic mass is 16.5. The molecule has 1 aliphatic heterocycles. The summed E-state index contributed by atoms with van der Waals surface area (Å²) in [6.07, 6.45) is 8.23. The first-order valence-corrected chi connectivity index (χ1v) is 12.1. The molecular weight excluding hydrogens is 458 g/mol. The lowest BCUT2D eigenvalue weighted by atomic mass is 10.0. The van der Waals surface area contributed by atoms with Crippen LogP contribution in [0.4, 0.5) is 0 Å². The van der Waals surface area contributed by atoms with Gasteiger partial charge in [-0.25, -0.2) is 9.59 Å². The minimum absolute atomic E-state index is 0.0415. The van der Waals surface area contributed by atoms with Crippen LogP contribution in [0.2, 0.25) is 0 Å². The van der Waals surface area contributed by atoms with Crippen LogP contribution in [0.25, 0.3) is 6.08 Å². The van der Waals surface area contributed by atoms with Gasteiger partial charge >= 0.3 is 11.9 Å². The summed E-state index contributed by atoms with van der Waals surface area (Å²) in [6.45, 7) is 10.3. The minimum Gasteiger partial charge on any atom is -0.492 e. The van der Waals surface area contributed by atoms with Gasteiger partial charge in [-0.2, -0.15) is 0 Å². The average molecular weight is 494 g/mol. The molecule has 7 nitrogen and oxygen atoms in total. The van der Waals surface area contributed by atoms with Gasteiger partial charge in [0.15, 0.2) is 5.78 Å². The number of allylic oxidation sites excluding steroid dienone is 1. The molecule has 3 rings (SSSR count). The lowest BCUT2D eigenvalue weighted by Gasteiger charge is -2.15. The number of carbonyl (C=O) groups is 3. The van der Waals surface area contributed by atoms with E-state index < -0.39 is 11.9 Å². The predicted octanol–water partition coefficient (Wildman–Crippen LogP) is 4.95. The molecule has 0 bridgehead atoms. The molecule has 0 unspecified atom stereocenters. The number of rotatable bonds is 10. The van der Waals surface area contributed by atoms with Crippen molar-refractivity contribution >= 4 is 23.8 Å². The molecule has 0 saturated carbocycles. The predicted molar refractivity (Wildman–Crippen MR) is 141 cm³/mol. The highest BCUT2D eigenvalue weighted by Gasteiger charge is 2.11. The zero-order valence-corrected chi connectivity index (χ0v) is 21.2. The van der Waals surface area contributed by atoms with Crippen LogP contribution in [0, 0.1) is 13.8 Å². The molecule has 0 aromatic heterocycles. The topological polar surface area (TPSA) is 104 Å². The number of carboxylic acids is 2. The number of nitrogens with zero attached hydrogens (tertiary/aromatic N) is 1. The smallest absolute Gasteiger partial charge is 0.328 e. The fourth-order valence-electron chi connectivity index (χ4n) is 3.96. The third-order valence-corrected chi connectivity index (χ3v) is 5.66. The SMILES string of the molecule is CCc1cc(OCCN2CCCC2)ccc1C=CC(=O)c1cc(C)cc(C)c1.O=C(O)/C=C/C(=O)O. The van der Waals surface area contributed by atoms with E-state index in [2.05, 4.69) is 30.0 Å². The first kappa shape index (κ1) is 28.5. The van der Waals surface area contributed by atoms with E-state index in [0.717, 1.165) is 47.6 Å². The summed E-state index contributed by atoms with van der Waals surface area (Å²) in [5, 5.41) is 15.6. The lowest BCUT2D eigenvalue weighted by Crippen LogP contribution is -2.25. The normalized spacial score (nSPS) is 13.5.